The molecule has 0 amide bonds. The molecule has 1 rings (SSSR count). The molecule has 1 aliphatic rings. The van der Waals surface area contributed by atoms with Crippen LogP contribution < -0.4 is 5.32 Å². The zero-order valence-electron chi connectivity index (χ0n) is 10.2. The van der Waals surface area contributed by atoms with Crippen LogP contribution >= 0.6 is 0 Å². The molecule has 0 aromatic carbocycles. The van der Waals surface area contributed by atoms with E-state index in [2.05, 4.69) is 5.32 Å². The summed E-state index contributed by atoms with van der Waals surface area (Å²) in [5, 5.41) is 12.2. The van der Waals surface area contributed by atoms with Crippen LogP contribution in [-0.2, 0) is 14.6 Å². The summed E-state index contributed by atoms with van der Waals surface area (Å²) in [5.74, 6) is -1.23. The fourth-order valence-electron chi connectivity index (χ4n) is 2.20. The fourth-order valence-corrected chi connectivity index (χ4v) is 4.21. The second-order valence-corrected chi connectivity index (χ2v) is 7.02. The average Bonchev–Trinajstić information content (AvgIpc) is 2.29. The van der Waals surface area contributed by atoms with Crippen molar-refractivity contribution < 1.29 is 18.3 Å². The van der Waals surface area contributed by atoms with Gasteiger partial charge in [-0.3, -0.25) is 4.79 Å². The summed E-state index contributed by atoms with van der Waals surface area (Å²) in [7, 11) is -3.58. The van der Waals surface area contributed by atoms with Crippen LogP contribution in [0.3, 0.4) is 0 Å². The number of carbonyl (C=O) groups is 1. The first-order valence-electron chi connectivity index (χ1n) is 6.13. The van der Waals surface area contributed by atoms with Gasteiger partial charge in [-0.05, 0) is 25.8 Å². The second kappa shape index (κ2) is 5.82. The van der Waals surface area contributed by atoms with Crippen LogP contribution in [0.1, 0.15) is 39.0 Å². The third-order valence-electron chi connectivity index (χ3n) is 3.35. The van der Waals surface area contributed by atoms with Gasteiger partial charge in [0.25, 0.3) is 0 Å². The Bertz CT molecular complexity index is 358. The van der Waals surface area contributed by atoms with E-state index in [1.807, 2.05) is 6.92 Å². The largest absolute Gasteiger partial charge is 0.480 e. The number of carboxylic acids is 1. The minimum atomic E-state index is -3.58. The number of aliphatic carboxylic acids is 1. The topological polar surface area (TPSA) is 83.5 Å². The van der Waals surface area contributed by atoms with E-state index in [0.29, 0.717) is 19.4 Å². The predicted molar refractivity (Wildman–Crippen MR) is 65.8 cm³/mol. The van der Waals surface area contributed by atoms with Gasteiger partial charge in [0, 0.05) is 6.54 Å². The molecule has 1 fully saturated rings. The summed E-state index contributed by atoms with van der Waals surface area (Å²) in [4.78, 5) is 11.3. The van der Waals surface area contributed by atoms with Crippen LogP contribution in [-0.4, -0.2) is 43.1 Å². The molecule has 100 valence electrons. The Morgan fingerprint density at radius 2 is 2.12 bits per heavy atom. The van der Waals surface area contributed by atoms with E-state index in [1.54, 1.807) is 0 Å². The Labute approximate surface area is 103 Å². The summed E-state index contributed by atoms with van der Waals surface area (Å²) in [5.41, 5.74) is 0. The molecule has 17 heavy (non-hydrogen) atoms. The van der Waals surface area contributed by atoms with Crippen LogP contribution in [0.15, 0.2) is 0 Å². The van der Waals surface area contributed by atoms with E-state index in [0.717, 1.165) is 12.8 Å². The Morgan fingerprint density at radius 3 is 2.59 bits per heavy atom. The third-order valence-corrected chi connectivity index (χ3v) is 5.89. The van der Waals surface area contributed by atoms with Crippen molar-refractivity contribution >= 4 is 15.8 Å². The smallest absolute Gasteiger partial charge is 0.326 e. The van der Waals surface area contributed by atoms with E-state index in [4.69, 9.17) is 0 Å². The zero-order valence-corrected chi connectivity index (χ0v) is 11.1. The van der Waals surface area contributed by atoms with Crippen LogP contribution in [0, 0.1) is 0 Å². The Morgan fingerprint density at radius 1 is 1.41 bits per heavy atom. The van der Waals surface area contributed by atoms with E-state index >= 15 is 0 Å². The molecular formula is C11H21NO4S. The third kappa shape index (κ3) is 2.98. The van der Waals surface area contributed by atoms with Crippen molar-refractivity contribution in [1.29, 1.82) is 0 Å². The molecule has 0 saturated carbocycles. The van der Waals surface area contributed by atoms with Crippen LogP contribution in [0.2, 0.25) is 0 Å². The maximum absolute atomic E-state index is 12.2. The lowest BCUT2D eigenvalue weighted by Gasteiger charge is -2.33. The highest BCUT2D eigenvalue weighted by molar-refractivity contribution is 7.93. The van der Waals surface area contributed by atoms with E-state index < -0.39 is 20.6 Å². The molecule has 1 heterocycles. The molecule has 6 heteroatoms. The SMILES string of the molecule is CCCCCS(=O)(=O)C1(C(=O)O)CCCNC1. The van der Waals surface area contributed by atoms with Gasteiger partial charge in [-0.2, -0.15) is 0 Å². The summed E-state index contributed by atoms with van der Waals surface area (Å²) in [6.07, 6.45) is 3.12. The highest BCUT2D eigenvalue weighted by atomic mass is 32.2. The lowest BCUT2D eigenvalue weighted by atomic mass is 9.99. The monoisotopic (exact) mass is 263 g/mol. The van der Waals surface area contributed by atoms with E-state index in [9.17, 15) is 18.3 Å². The molecule has 0 aromatic heterocycles. The maximum Gasteiger partial charge on any atom is 0.326 e. The number of piperidine rings is 1. The van der Waals surface area contributed by atoms with Gasteiger partial charge in [0.1, 0.15) is 0 Å². The molecule has 2 N–H and O–H groups in total. The van der Waals surface area contributed by atoms with Crippen LogP contribution in [0.25, 0.3) is 0 Å². The number of unbranched alkanes of at least 4 members (excludes halogenated alkanes) is 2. The van der Waals surface area contributed by atoms with Crippen molar-refractivity contribution in [1.82, 2.24) is 5.32 Å². The summed E-state index contributed by atoms with van der Waals surface area (Å²) >= 11 is 0. The van der Waals surface area contributed by atoms with Gasteiger partial charge >= 0.3 is 5.97 Å². The van der Waals surface area contributed by atoms with Crippen molar-refractivity contribution in [2.24, 2.45) is 0 Å². The number of carboxylic acid groups (broad SMARTS) is 1. The summed E-state index contributed by atoms with van der Waals surface area (Å²) in [6, 6.07) is 0. The van der Waals surface area contributed by atoms with Crippen molar-refractivity contribution in [2.75, 3.05) is 18.8 Å². The van der Waals surface area contributed by atoms with Crippen molar-refractivity contribution in [3.63, 3.8) is 0 Å². The Kier molecular flexibility index (Phi) is 4.94. The number of nitrogens with one attached hydrogen (secondary N) is 1. The van der Waals surface area contributed by atoms with Gasteiger partial charge in [-0.15, -0.1) is 0 Å². The molecular weight excluding hydrogens is 242 g/mol. The van der Waals surface area contributed by atoms with E-state index in [1.165, 1.54) is 0 Å². The number of hydrogen-bond donors (Lipinski definition) is 2. The molecule has 1 saturated heterocycles. The number of rotatable bonds is 6. The zero-order chi connectivity index (χ0) is 12.9. The molecule has 1 aliphatic heterocycles. The molecule has 1 unspecified atom stereocenters. The van der Waals surface area contributed by atoms with Gasteiger partial charge in [-0.1, -0.05) is 19.8 Å². The van der Waals surface area contributed by atoms with Gasteiger partial charge in [0.2, 0.25) is 0 Å². The summed E-state index contributed by atoms with van der Waals surface area (Å²) < 4.78 is 22.8. The maximum atomic E-state index is 12.2. The van der Waals surface area contributed by atoms with Gasteiger partial charge in [-0.25, -0.2) is 8.42 Å². The minimum absolute atomic E-state index is 0.0190. The number of hydrogen-bond acceptors (Lipinski definition) is 4. The van der Waals surface area contributed by atoms with Crippen molar-refractivity contribution in [2.45, 2.75) is 43.8 Å². The van der Waals surface area contributed by atoms with Gasteiger partial charge in [0.15, 0.2) is 14.6 Å². The van der Waals surface area contributed by atoms with Gasteiger partial charge in [0.05, 0.1) is 5.75 Å². The lowest BCUT2D eigenvalue weighted by molar-refractivity contribution is -0.140. The van der Waals surface area contributed by atoms with Crippen molar-refractivity contribution in [3.05, 3.63) is 0 Å². The molecule has 5 nitrogen and oxygen atoms in total. The number of sulfone groups is 1. The first-order chi connectivity index (χ1) is 7.96. The predicted octanol–water partition coefficient (Wildman–Crippen LogP) is 0.798. The standard InChI is InChI=1S/C11H21NO4S/c1-2-3-4-8-17(15,16)11(10(13)14)6-5-7-12-9-11/h12H,2-9H2,1H3,(H,13,14). The highest BCUT2D eigenvalue weighted by Crippen LogP contribution is 2.28. The molecule has 0 spiro atoms. The minimum Gasteiger partial charge on any atom is -0.480 e. The lowest BCUT2D eigenvalue weighted by Crippen LogP contribution is -2.57. The fraction of sp³-hybridized carbons (Fsp3) is 0.909. The summed E-state index contributed by atoms with van der Waals surface area (Å²) in [6.45, 7) is 2.72. The first kappa shape index (κ1) is 14.4. The van der Waals surface area contributed by atoms with Crippen molar-refractivity contribution in [3.8, 4) is 0 Å². The second-order valence-electron chi connectivity index (χ2n) is 4.61. The Balaban J connectivity index is 2.85. The van der Waals surface area contributed by atoms with Crippen LogP contribution in [0.5, 0.6) is 0 Å². The normalized spacial score (nSPS) is 25.7. The molecule has 0 bridgehead atoms. The average molecular weight is 263 g/mol. The quantitative estimate of drug-likeness (QED) is 0.692. The molecule has 0 aliphatic carbocycles. The Hall–Kier alpha value is -0.620. The molecule has 0 aromatic rings. The van der Waals surface area contributed by atoms with Crippen LogP contribution in [0.4, 0.5) is 0 Å². The van der Waals surface area contributed by atoms with E-state index in [-0.39, 0.29) is 18.7 Å². The highest BCUT2D eigenvalue weighted by Gasteiger charge is 2.50. The van der Waals surface area contributed by atoms with Gasteiger partial charge < -0.3 is 10.4 Å². The molecule has 1 atom stereocenters. The molecule has 0 radical (unpaired) electrons. The first-order valence-corrected chi connectivity index (χ1v) is 7.78.